The van der Waals surface area contributed by atoms with Crippen molar-refractivity contribution in [1.82, 2.24) is 9.55 Å². The Labute approximate surface area is 241 Å². The van der Waals surface area contributed by atoms with E-state index in [0.29, 0.717) is 23.6 Å². The number of aryl methyl sites for hydroxylation is 1. The van der Waals surface area contributed by atoms with Crippen LogP contribution in [-0.4, -0.2) is 33.7 Å². The number of anilines is 1. The minimum Gasteiger partial charge on any atom is -0.494 e. The van der Waals surface area contributed by atoms with E-state index in [4.69, 9.17) is 9.72 Å². The van der Waals surface area contributed by atoms with Gasteiger partial charge in [-0.15, -0.1) is 11.3 Å². The van der Waals surface area contributed by atoms with Crippen LogP contribution in [0.4, 0.5) is 5.69 Å². The average molecular weight is 570 g/mol. The molecule has 1 N–H and O–H groups in total. The molecule has 5 aromatic rings. The quantitative estimate of drug-likeness (QED) is 0.144. The molecule has 0 radical (unpaired) electrons. The van der Waals surface area contributed by atoms with Crippen molar-refractivity contribution in [3.05, 3.63) is 83.6 Å². The smallest absolute Gasteiger partial charge is 0.255 e. The highest BCUT2D eigenvalue weighted by Gasteiger charge is 2.23. The summed E-state index contributed by atoms with van der Waals surface area (Å²) in [4.78, 5) is 31.0. The fourth-order valence-corrected chi connectivity index (χ4v) is 7.21. The molecule has 1 aliphatic carbocycles. The Balaban J connectivity index is 1.12. The van der Waals surface area contributed by atoms with Crippen LogP contribution in [0.2, 0.25) is 0 Å². The van der Waals surface area contributed by atoms with Gasteiger partial charge in [-0.2, -0.15) is 0 Å². The lowest BCUT2D eigenvalue weighted by molar-refractivity contribution is 0.0942. The van der Waals surface area contributed by atoms with Gasteiger partial charge in [-0.1, -0.05) is 43.3 Å². The summed E-state index contributed by atoms with van der Waals surface area (Å²) in [7, 11) is 0. The molecule has 0 bridgehead atoms. The average Bonchev–Trinajstić information content (AvgIpc) is 3.55. The highest BCUT2D eigenvalue weighted by Crippen LogP contribution is 2.34. The van der Waals surface area contributed by atoms with Crippen molar-refractivity contribution in [2.75, 3.05) is 17.7 Å². The van der Waals surface area contributed by atoms with Crippen LogP contribution in [-0.2, 0) is 12.8 Å². The molecule has 2 aromatic heterocycles. The van der Waals surface area contributed by atoms with Gasteiger partial charge < -0.3 is 10.1 Å². The number of carbonyl (C=O) groups excluding carboxylic acids is 2. The third-order valence-electron chi connectivity index (χ3n) is 7.26. The first kappa shape index (κ1) is 26.6. The molecule has 0 atom stereocenters. The zero-order valence-electron chi connectivity index (χ0n) is 22.4. The molecule has 6 rings (SSSR count). The van der Waals surface area contributed by atoms with E-state index in [1.54, 1.807) is 12.1 Å². The van der Waals surface area contributed by atoms with E-state index < -0.39 is 0 Å². The van der Waals surface area contributed by atoms with E-state index in [1.165, 1.54) is 46.2 Å². The molecular weight excluding hydrogens is 539 g/mol. The maximum atomic E-state index is 13.4. The second kappa shape index (κ2) is 11.9. The number of aromatic nitrogens is 2. The Morgan fingerprint density at radius 2 is 1.88 bits per heavy atom. The van der Waals surface area contributed by atoms with Crippen molar-refractivity contribution in [2.24, 2.45) is 0 Å². The molecule has 204 valence electrons. The predicted octanol–water partition coefficient (Wildman–Crippen LogP) is 7.99. The molecule has 8 heteroatoms. The van der Waals surface area contributed by atoms with Crippen molar-refractivity contribution in [3.63, 3.8) is 0 Å². The van der Waals surface area contributed by atoms with Gasteiger partial charge in [-0.25, -0.2) is 4.98 Å². The van der Waals surface area contributed by atoms with E-state index in [2.05, 4.69) is 30.4 Å². The SMILES string of the molecule is CCCCOc1ccc(C(=O)Nc2ccc3nc(SCC(=O)n4c5c(c6ccccc64)CCCC5)sc3c2)cc1. The third-order valence-corrected chi connectivity index (χ3v) is 9.40. The highest BCUT2D eigenvalue weighted by molar-refractivity contribution is 8.01. The molecule has 3 aromatic carbocycles. The van der Waals surface area contributed by atoms with Crippen molar-refractivity contribution in [1.29, 1.82) is 0 Å². The van der Waals surface area contributed by atoms with E-state index in [0.717, 1.165) is 57.9 Å². The number of nitrogens with zero attached hydrogens (tertiary/aromatic N) is 2. The van der Waals surface area contributed by atoms with Gasteiger partial charge in [0.05, 0.1) is 28.1 Å². The predicted molar refractivity (Wildman–Crippen MR) is 164 cm³/mol. The number of carbonyl (C=O) groups is 2. The molecule has 0 saturated carbocycles. The lowest BCUT2D eigenvalue weighted by atomic mass is 9.96. The number of unbranched alkanes of at least 4 members (excludes halogenated alkanes) is 1. The highest BCUT2D eigenvalue weighted by atomic mass is 32.2. The van der Waals surface area contributed by atoms with Gasteiger partial charge in [0.25, 0.3) is 5.91 Å². The number of para-hydroxylation sites is 1. The number of rotatable bonds is 9. The van der Waals surface area contributed by atoms with Gasteiger partial charge in [-0.3, -0.25) is 14.2 Å². The number of benzene rings is 3. The number of nitrogens with one attached hydrogen (secondary N) is 1. The third kappa shape index (κ3) is 5.51. The fourth-order valence-electron chi connectivity index (χ4n) is 5.25. The van der Waals surface area contributed by atoms with Gasteiger partial charge in [0, 0.05) is 22.3 Å². The molecule has 0 aliphatic heterocycles. The van der Waals surface area contributed by atoms with E-state index >= 15 is 0 Å². The second-order valence-corrected chi connectivity index (χ2v) is 12.3. The first-order valence-corrected chi connectivity index (χ1v) is 15.6. The van der Waals surface area contributed by atoms with E-state index in [-0.39, 0.29) is 11.8 Å². The van der Waals surface area contributed by atoms with Gasteiger partial charge in [0.15, 0.2) is 4.34 Å². The minimum atomic E-state index is -0.175. The summed E-state index contributed by atoms with van der Waals surface area (Å²) in [6, 6.07) is 21.2. The molecule has 0 saturated heterocycles. The summed E-state index contributed by atoms with van der Waals surface area (Å²) >= 11 is 3.01. The second-order valence-electron chi connectivity index (χ2n) is 10.0. The molecule has 0 fully saturated rings. The van der Waals surface area contributed by atoms with Crippen LogP contribution in [0.15, 0.2) is 71.1 Å². The number of thioether (sulfide) groups is 1. The van der Waals surface area contributed by atoms with Crippen LogP contribution in [0.5, 0.6) is 5.75 Å². The van der Waals surface area contributed by atoms with Crippen molar-refractivity contribution >= 4 is 61.7 Å². The summed E-state index contributed by atoms with van der Waals surface area (Å²) < 4.78 is 9.45. The normalized spacial score (nSPS) is 12.9. The standard InChI is InChI=1S/C32H31N3O3S2/c1-2-3-18-38-23-15-12-21(13-16-23)31(37)33-22-14-17-26-29(19-22)40-32(34-26)39-20-30(36)35-27-10-6-4-8-24(27)25-9-5-7-11-28(25)35/h4,6,8,10,12-17,19H,2-3,5,7,9,11,18,20H2,1H3,(H,33,37). The number of hydrogen-bond donors (Lipinski definition) is 1. The van der Waals surface area contributed by atoms with E-state index in [1.807, 2.05) is 41.0 Å². The van der Waals surface area contributed by atoms with Crippen LogP contribution >= 0.6 is 23.1 Å². The van der Waals surface area contributed by atoms with Crippen molar-refractivity contribution < 1.29 is 14.3 Å². The lowest BCUT2D eigenvalue weighted by Crippen LogP contribution is -2.18. The molecule has 0 spiro atoms. The zero-order valence-corrected chi connectivity index (χ0v) is 24.1. The molecule has 40 heavy (non-hydrogen) atoms. The topological polar surface area (TPSA) is 73.2 Å². The summed E-state index contributed by atoms with van der Waals surface area (Å²) in [5, 5.41) is 4.19. The summed E-state index contributed by atoms with van der Waals surface area (Å²) in [5.74, 6) is 1.02. The Bertz CT molecular complexity index is 1690. The maximum absolute atomic E-state index is 13.4. The summed E-state index contributed by atoms with van der Waals surface area (Å²) in [6.07, 6.45) is 6.38. The Morgan fingerprint density at radius 1 is 1.05 bits per heavy atom. The van der Waals surface area contributed by atoms with Crippen LogP contribution in [0.1, 0.15) is 59.0 Å². The van der Waals surface area contributed by atoms with Gasteiger partial charge in [0.2, 0.25) is 5.91 Å². The number of thiazole rings is 1. The molecular formula is C32H31N3O3S2. The Kier molecular flexibility index (Phi) is 7.89. The first-order valence-electron chi connectivity index (χ1n) is 13.8. The Morgan fingerprint density at radius 3 is 2.73 bits per heavy atom. The van der Waals surface area contributed by atoms with Gasteiger partial charge >= 0.3 is 0 Å². The number of fused-ring (bicyclic) bond motifs is 4. The number of amides is 1. The first-order chi connectivity index (χ1) is 19.6. The van der Waals surface area contributed by atoms with Crippen molar-refractivity contribution in [2.45, 2.75) is 49.8 Å². The summed E-state index contributed by atoms with van der Waals surface area (Å²) in [5.41, 5.74) is 5.68. The Hall–Kier alpha value is -3.62. The lowest BCUT2D eigenvalue weighted by Gasteiger charge is -2.14. The largest absolute Gasteiger partial charge is 0.494 e. The van der Waals surface area contributed by atoms with Crippen LogP contribution in [0.3, 0.4) is 0 Å². The molecule has 1 amide bonds. The monoisotopic (exact) mass is 569 g/mol. The van der Waals surface area contributed by atoms with Crippen LogP contribution in [0.25, 0.3) is 21.1 Å². The maximum Gasteiger partial charge on any atom is 0.255 e. The van der Waals surface area contributed by atoms with Crippen LogP contribution in [0, 0.1) is 0 Å². The number of ether oxygens (including phenoxy) is 1. The fraction of sp³-hybridized carbons (Fsp3) is 0.281. The van der Waals surface area contributed by atoms with Crippen molar-refractivity contribution in [3.8, 4) is 5.75 Å². The molecule has 2 heterocycles. The van der Waals surface area contributed by atoms with Gasteiger partial charge in [-0.05, 0) is 86.2 Å². The summed E-state index contributed by atoms with van der Waals surface area (Å²) in [6.45, 7) is 2.80. The minimum absolute atomic E-state index is 0.0957. The van der Waals surface area contributed by atoms with Crippen LogP contribution < -0.4 is 10.1 Å². The van der Waals surface area contributed by atoms with Gasteiger partial charge in [0.1, 0.15) is 5.75 Å². The zero-order chi connectivity index (χ0) is 27.5. The molecule has 1 aliphatic rings. The molecule has 6 nitrogen and oxygen atoms in total. The van der Waals surface area contributed by atoms with E-state index in [9.17, 15) is 9.59 Å². The molecule has 0 unspecified atom stereocenters. The number of hydrogen-bond acceptors (Lipinski definition) is 6.